The van der Waals surface area contributed by atoms with Gasteiger partial charge in [-0.1, -0.05) is 18.2 Å². The molecule has 0 fully saturated rings. The van der Waals surface area contributed by atoms with Crippen molar-refractivity contribution in [2.45, 2.75) is 6.42 Å². The molecule has 2 amide bonds. The fourth-order valence-electron chi connectivity index (χ4n) is 3.98. The molecular formula is C27H21FN4O3S. The predicted octanol–water partition coefficient (Wildman–Crippen LogP) is 5.27. The molecule has 0 saturated heterocycles. The van der Waals surface area contributed by atoms with E-state index in [1.54, 1.807) is 30.3 Å². The number of aliphatic hydroxyl groups excluding tert-OH is 1. The number of anilines is 3. The number of hydrogen-bond donors (Lipinski definition) is 3. The lowest BCUT2D eigenvalue weighted by molar-refractivity contribution is -0.114. The van der Waals surface area contributed by atoms with E-state index in [1.807, 2.05) is 23.6 Å². The summed E-state index contributed by atoms with van der Waals surface area (Å²) in [5.41, 5.74) is 10.1. The number of thiazole rings is 1. The molecule has 1 aliphatic rings. The zero-order chi connectivity index (χ0) is 25.2. The first kappa shape index (κ1) is 23.3. The Kier molecular flexibility index (Phi) is 6.22. The summed E-state index contributed by atoms with van der Waals surface area (Å²) in [6, 6.07) is 17.5. The lowest BCUT2D eigenvalue weighted by Crippen LogP contribution is -2.38. The Labute approximate surface area is 210 Å². The zero-order valence-electron chi connectivity index (χ0n) is 18.9. The van der Waals surface area contributed by atoms with Crippen molar-refractivity contribution >= 4 is 45.4 Å². The van der Waals surface area contributed by atoms with Crippen LogP contribution in [0.25, 0.3) is 17.0 Å². The number of fused-ring (bicyclic) bond motifs is 1. The number of aliphatic hydroxyl groups is 1. The summed E-state index contributed by atoms with van der Waals surface area (Å²) in [7, 11) is 0. The van der Waals surface area contributed by atoms with Gasteiger partial charge < -0.3 is 16.2 Å². The van der Waals surface area contributed by atoms with Gasteiger partial charge in [0.1, 0.15) is 18.1 Å². The third-order valence-electron chi connectivity index (χ3n) is 5.82. The van der Waals surface area contributed by atoms with E-state index in [-0.39, 0.29) is 17.9 Å². The summed E-state index contributed by atoms with van der Waals surface area (Å²) in [5, 5.41) is 15.3. The van der Waals surface area contributed by atoms with E-state index in [9.17, 15) is 19.1 Å². The molecule has 1 aliphatic carbocycles. The maximum Gasteiger partial charge on any atom is 0.258 e. The van der Waals surface area contributed by atoms with Crippen LogP contribution >= 0.6 is 11.3 Å². The van der Waals surface area contributed by atoms with E-state index in [0.717, 1.165) is 16.8 Å². The average molecular weight is 501 g/mol. The van der Waals surface area contributed by atoms with Crippen LogP contribution in [0.4, 0.5) is 20.9 Å². The van der Waals surface area contributed by atoms with Crippen molar-refractivity contribution in [3.05, 3.63) is 101 Å². The minimum atomic E-state index is -0.469. The molecule has 0 spiro atoms. The molecule has 0 saturated carbocycles. The van der Waals surface area contributed by atoms with E-state index in [4.69, 9.17) is 5.73 Å². The number of nitrogens with two attached hydrogens (primary N) is 1. The number of carbonyl (C=O) groups is 2. The molecule has 9 heteroatoms. The predicted molar refractivity (Wildman–Crippen MR) is 139 cm³/mol. The molecule has 7 nitrogen and oxygen atoms in total. The lowest BCUT2D eigenvalue weighted by Gasteiger charge is -2.23. The minimum Gasteiger partial charge on any atom is -0.508 e. The highest BCUT2D eigenvalue weighted by molar-refractivity contribution is 7.13. The zero-order valence-corrected chi connectivity index (χ0v) is 19.8. The molecule has 3 aromatic carbocycles. The molecule has 0 atom stereocenters. The molecule has 0 unspecified atom stereocenters. The summed E-state index contributed by atoms with van der Waals surface area (Å²) >= 11 is 1.35. The van der Waals surface area contributed by atoms with Crippen molar-refractivity contribution < 1.29 is 19.1 Å². The average Bonchev–Trinajstić information content (AvgIpc) is 3.48. The van der Waals surface area contributed by atoms with Crippen LogP contribution in [0.1, 0.15) is 21.5 Å². The van der Waals surface area contributed by atoms with Gasteiger partial charge in [0.15, 0.2) is 5.13 Å². The third kappa shape index (κ3) is 4.82. The number of amides is 2. The molecule has 0 bridgehead atoms. The van der Waals surface area contributed by atoms with Crippen LogP contribution < -0.4 is 16.0 Å². The molecule has 180 valence electrons. The number of aromatic nitrogens is 1. The summed E-state index contributed by atoms with van der Waals surface area (Å²) in [6.07, 6.45) is 2.29. The first-order valence-electron chi connectivity index (χ1n) is 11.1. The minimum absolute atomic E-state index is 0.132. The van der Waals surface area contributed by atoms with Gasteiger partial charge in [0, 0.05) is 33.4 Å². The second kappa shape index (κ2) is 9.63. The summed E-state index contributed by atoms with van der Waals surface area (Å²) in [5.74, 6) is -1.22. The van der Waals surface area contributed by atoms with Crippen LogP contribution in [-0.4, -0.2) is 28.4 Å². The smallest absolute Gasteiger partial charge is 0.258 e. The number of benzene rings is 3. The highest BCUT2D eigenvalue weighted by atomic mass is 32.1. The van der Waals surface area contributed by atoms with Gasteiger partial charge in [-0.15, -0.1) is 11.3 Å². The molecule has 1 aromatic heterocycles. The monoisotopic (exact) mass is 500 g/mol. The van der Waals surface area contributed by atoms with Gasteiger partial charge in [-0.05, 0) is 66.6 Å². The van der Waals surface area contributed by atoms with Crippen LogP contribution in [0.2, 0.25) is 0 Å². The molecular weight excluding hydrogens is 479 g/mol. The Morgan fingerprint density at radius 1 is 1.08 bits per heavy atom. The molecule has 1 heterocycles. The van der Waals surface area contributed by atoms with Crippen LogP contribution in [0.5, 0.6) is 0 Å². The third-order valence-corrected chi connectivity index (χ3v) is 6.49. The summed E-state index contributed by atoms with van der Waals surface area (Å²) in [4.78, 5) is 31.9. The van der Waals surface area contributed by atoms with Gasteiger partial charge in [-0.2, -0.15) is 0 Å². The van der Waals surface area contributed by atoms with E-state index in [0.29, 0.717) is 28.5 Å². The Morgan fingerprint density at radius 3 is 2.53 bits per heavy atom. The van der Waals surface area contributed by atoms with Crippen LogP contribution in [0.3, 0.4) is 0 Å². The Balaban J connectivity index is 1.38. The maximum atomic E-state index is 13.4. The van der Waals surface area contributed by atoms with Gasteiger partial charge >= 0.3 is 0 Å². The highest BCUT2D eigenvalue weighted by Crippen LogP contribution is 2.30. The van der Waals surface area contributed by atoms with Crippen molar-refractivity contribution in [3.8, 4) is 11.3 Å². The topological polar surface area (TPSA) is 109 Å². The van der Waals surface area contributed by atoms with Gasteiger partial charge in [0.05, 0.1) is 5.69 Å². The van der Waals surface area contributed by atoms with Gasteiger partial charge in [-0.25, -0.2) is 9.37 Å². The lowest BCUT2D eigenvalue weighted by atomic mass is 10.1. The highest BCUT2D eigenvalue weighted by Gasteiger charge is 2.23. The number of rotatable bonds is 6. The van der Waals surface area contributed by atoms with E-state index < -0.39 is 17.6 Å². The maximum absolute atomic E-state index is 13.4. The molecule has 0 aliphatic heterocycles. The normalized spacial score (nSPS) is 12.1. The van der Waals surface area contributed by atoms with Gasteiger partial charge in [0.2, 0.25) is 5.91 Å². The van der Waals surface area contributed by atoms with Crippen molar-refractivity contribution in [1.82, 2.24) is 4.98 Å². The van der Waals surface area contributed by atoms with Crippen molar-refractivity contribution in [2.24, 2.45) is 0 Å². The van der Waals surface area contributed by atoms with Crippen molar-refractivity contribution in [1.29, 1.82) is 0 Å². The molecule has 0 radical (unpaired) electrons. The Morgan fingerprint density at radius 2 is 1.83 bits per heavy atom. The number of nitrogens with one attached hydrogen (secondary N) is 1. The molecule has 5 rings (SSSR count). The number of hydrogen-bond acceptors (Lipinski definition) is 6. The number of carbonyl (C=O) groups excluding carboxylic acids is 2. The Hall–Kier alpha value is -4.50. The van der Waals surface area contributed by atoms with E-state index in [2.05, 4.69) is 10.3 Å². The van der Waals surface area contributed by atoms with Gasteiger partial charge in [-0.3, -0.25) is 14.5 Å². The van der Waals surface area contributed by atoms with Crippen molar-refractivity contribution in [3.63, 3.8) is 0 Å². The second-order valence-corrected chi connectivity index (χ2v) is 9.12. The van der Waals surface area contributed by atoms with E-state index >= 15 is 0 Å². The number of nitrogens with zero attached hydrogens (tertiary/aromatic N) is 2. The number of nitrogen functional groups attached to an aromatic ring is 1. The SMILES string of the molecule is Nc1nc(-c2ccc(NC(=O)CN(C(=O)c3ccc(F)cc3)c3ccc4c(c3)C(O)=CC4)cc2)cs1. The van der Waals surface area contributed by atoms with E-state index in [1.165, 1.54) is 40.5 Å². The molecule has 4 aromatic rings. The van der Waals surface area contributed by atoms with Crippen LogP contribution in [0, 0.1) is 5.82 Å². The fraction of sp³-hybridized carbons (Fsp3) is 0.0741. The van der Waals surface area contributed by atoms with Crippen LogP contribution in [-0.2, 0) is 11.2 Å². The second-order valence-electron chi connectivity index (χ2n) is 8.23. The van der Waals surface area contributed by atoms with Crippen molar-refractivity contribution in [2.75, 3.05) is 22.5 Å². The fourth-order valence-corrected chi connectivity index (χ4v) is 4.55. The summed E-state index contributed by atoms with van der Waals surface area (Å²) in [6.45, 7) is -0.288. The summed E-state index contributed by atoms with van der Waals surface area (Å²) < 4.78 is 13.4. The first-order chi connectivity index (χ1) is 17.4. The van der Waals surface area contributed by atoms with Crippen LogP contribution in [0.15, 0.2) is 78.2 Å². The standard InChI is InChI=1S/C27H21FN4O3S/c28-19-7-1-18(2-8-19)26(35)32(21-11-5-16-6-12-24(33)22(16)13-21)14-25(34)30-20-9-3-17(4-10-20)23-15-36-27(29)31-23/h1-5,7-13,15,33H,6,14H2,(H2,29,31)(H,30,34). The largest absolute Gasteiger partial charge is 0.508 e. The number of halogens is 1. The molecule has 36 heavy (non-hydrogen) atoms. The number of allylic oxidation sites excluding steroid dienone is 1. The van der Waals surface area contributed by atoms with Gasteiger partial charge in [0.25, 0.3) is 5.91 Å². The Bertz CT molecular complexity index is 1480. The quantitative estimate of drug-likeness (QED) is 0.334. The molecule has 4 N–H and O–H groups in total. The first-order valence-corrected chi connectivity index (χ1v) is 12.0.